The lowest BCUT2D eigenvalue weighted by Crippen LogP contribution is -2.26. The van der Waals surface area contributed by atoms with Gasteiger partial charge >= 0.3 is 0 Å². The molecular formula is C7H16NO. The quantitative estimate of drug-likeness (QED) is 0.619. The van der Waals surface area contributed by atoms with Gasteiger partial charge in [0, 0.05) is 6.04 Å². The van der Waals surface area contributed by atoms with Crippen molar-refractivity contribution in [2.45, 2.75) is 25.8 Å². The van der Waals surface area contributed by atoms with Gasteiger partial charge in [0.2, 0.25) is 0 Å². The first-order valence-corrected chi connectivity index (χ1v) is 3.34. The molecule has 0 amide bonds. The van der Waals surface area contributed by atoms with Crippen LogP contribution in [0.1, 0.15) is 19.8 Å². The zero-order valence-electron chi connectivity index (χ0n) is 6.46. The van der Waals surface area contributed by atoms with Crippen LogP contribution in [0.5, 0.6) is 0 Å². The number of rotatable bonds is 4. The van der Waals surface area contributed by atoms with E-state index in [4.69, 9.17) is 5.11 Å². The molecule has 1 atom stereocenters. The van der Waals surface area contributed by atoms with Crippen LogP contribution in [0.3, 0.4) is 0 Å². The minimum Gasteiger partial charge on any atom is -0.390 e. The molecular weight excluding hydrogens is 114 g/mol. The van der Waals surface area contributed by atoms with Crippen LogP contribution >= 0.6 is 0 Å². The largest absolute Gasteiger partial charge is 0.390 e. The predicted molar refractivity (Wildman–Crippen MR) is 38.6 cm³/mol. The van der Waals surface area contributed by atoms with Gasteiger partial charge in [-0.3, -0.25) is 0 Å². The molecule has 0 aliphatic heterocycles. The van der Waals surface area contributed by atoms with Gasteiger partial charge in [0.05, 0.1) is 6.61 Å². The molecule has 0 aliphatic carbocycles. The summed E-state index contributed by atoms with van der Waals surface area (Å²) in [5.41, 5.74) is 0. The van der Waals surface area contributed by atoms with E-state index < -0.39 is 0 Å². The average Bonchev–Trinajstić information content (AvgIpc) is 1.82. The molecule has 0 aromatic carbocycles. The van der Waals surface area contributed by atoms with Crippen LogP contribution in [0.15, 0.2) is 0 Å². The van der Waals surface area contributed by atoms with Crippen molar-refractivity contribution in [2.75, 3.05) is 14.1 Å². The van der Waals surface area contributed by atoms with Crippen molar-refractivity contribution in [3.8, 4) is 0 Å². The van der Waals surface area contributed by atoms with Gasteiger partial charge in [0.1, 0.15) is 0 Å². The van der Waals surface area contributed by atoms with E-state index in [-0.39, 0.29) is 0 Å². The van der Waals surface area contributed by atoms with E-state index in [2.05, 4.69) is 11.8 Å². The summed E-state index contributed by atoms with van der Waals surface area (Å²) >= 11 is 0. The third kappa shape index (κ3) is 3.49. The Morgan fingerprint density at radius 1 is 1.56 bits per heavy atom. The summed E-state index contributed by atoms with van der Waals surface area (Å²) in [5, 5.41) is 8.46. The highest BCUT2D eigenvalue weighted by Gasteiger charge is 2.06. The van der Waals surface area contributed by atoms with E-state index in [1.807, 2.05) is 14.1 Å². The summed E-state index contributed by atoms with van der Waals surface area (Å²) < 4.78 is 0. The highest BCUT2D eigenvalue weighted by molar-refractivity contribution is 4.66. The van der Waals surface area contributed by atoms with Gasteiger partial charge in [-0.2, -0.15) is 0 Å². The van der Waals surface area contributed by atoms with Gasteiger partial charge < -0.3 is 10.0 Å². The van der Waals surface area contributed by atoms with Crippen molar-refractivity contribution >= 4 is 0 Å². The smallest absolute Gasteiger partial charge is 0.0814 e. The predicted octanol–water partition coefficient (Wildman–Crippen LogP) is 1.25. The Balaban J connectivity index is 3.41. The summed E-state index contributed by atoms with van der Waals surface area (Å²) in [6, 6.07) is 0.495. The van der Waals surface area contributed by atoms with E-state index in [0.29, 0.717) is 6.04 Å². The second-order valence-corrected chi connectivity index (χ2v) is 2.44. The molecule has 1 radical (unpaired) electrons. The van der Waals surface area contributed by atoms with E-state index >= 15 is 0 Å². The molecule has 0 aromatic rings. The standard InChI is InChI=1S/C7H16NO/c1-4-7(5-6-9)8(2)3/h6-7,9H,4-5H2,1-3H3. The van der Waals surface area contributed by atoms with Gasteiger partial charge in [0.25, 0.3) is 0 Å². The summed E-state index contributed by atoms with van der Waals surface area (Å²) in [6.45, 7) is 3.35. The highest BCUT2D eigenvalue weighted by atomic mass is 16.3. The summed E-state index contributed by atoms with van der Waals surface area (Å²) in [6.07, 6.45) is 1.85. The van der Waals surface area contributed by atoms with Crippen LogP contribution in [0.4, 0.5) is 0 Å². The maximum absolute atomic E-state index is 8.46. The minimum atomic E-state index is 0.495. The average molecular weight is 130 g/mol. The fourth-order valence-electron chi connectivity index (χ4n) is 0.864. The number of nitrogens with zero attached hydrogens (tertiary/aromatic N) is 1. The molecule has 1 unspecified atom stereocenters. The molecule has 0 aromatic heterocycles. The second kappa shape index (κ2) is 4.77. The molecule has 2 heteroatoms. The molecule has 0 fully saturated rings. The first-order chi connectivity index (χ1) is 4.22. The number of aliphatic hydroxyl groups excluding tert-OH is 1. The molecule has 0 heterocycles. The monoisotopic (exact) mass is 130 g/mol. The summed E-state index contributed by atoms with van der Waals surface area (Å²) in [4.78, 5) is 2.12. The molecule has 0 bridgehead atoms. The molecule has 0 rings (SSSR count). The zero-order valence-corrected chi connectivity index (χ0v) is 6.46. The Morgan fingerprint density at radius 2 is 2.11 bits per heavy atom. The maximum atomic E-state index is 8.46. The van der Waals surface area contributed by atoms with Crippen molar-refractivity contribution in [3.63, 3.8) is 0 Å². The third-order valence-corrected chi connectivity index (χ3v) is 1.58. The van der Waals surface area contributed by atoms with Crippen LogP contribution in [0.2, 0.25) is 0 Å². The lowest BCUT2D eigenvalue weighted by atomic mass is 10.1. The van der Waals surface area contributed by atoms with Crippen molar-refractivity contribution in [1.29, 1.82) is 0 Å². The van der Waals surface area contributed by atoms with Gasteiger partial charge in [0.15, 0.2) is 0 Å². The van der Waals surface area contributed by atoms with Crippen LogP contribution in [-0.2, 0) is 0 Å². The van der Waals surface area contributed by atoms with Crippen molar-refractivity contribution in [1.82, 2.24) is 4.90 Å². The second-order valence-electron chi connectivity index (χ2n) is 2.44. The Labute approximate surface area is 57.5 Å². The Hall–Kier alpha value is -0.0800. The number of aliphatic hydroxyl groups is 1. The van der Waals surface area contributed by atoms with Gasteiger partial charge in [-0.1, -0.05) is 6.92 Å². The molecule has 0 spiro atoms. The molecule has 2 nitrogen and oxygen atoms in total. The lowest BCUT2D eigenvalue weighted by molar-refractivity contribution is 0.246. The van der Waals surface area contributed by atoms with Crippen LogP contribution in [0, 0.1) is 6.61 Å². The van der Waals surface area contributed by atoms with Crippen LogP contribution in [0.25, 0.3) is 0 Å². The Morgan fingerprint density at radius 3 is 2.22 bits per heavy atom. The molecule has 9 heavy (non-hydrogen) atoms. The van der Waals surface area contributed by atoms with Crippen LogP contribution in [-0.4, -0.2) is 30.1 Å². The molecule has 1 N–H and O–H groups in total. The molecule has 0 saturated carbocycles. The third-order valence-electron chi connectivity index (χ3n) is 1.58. The topological polar surface area (TPSA) is 23.5 Å². The zero-order chi connectivity index (χ0) is 7.28. The van der Waals surface area contributed by atoms with E-state index in [0.717, 1.165) is 12.8 Å². The first kappa shape index (κ1) is 8.92. The Bertz CT molecular complexity index is 63.9. The first-order valence-electron chi connectivity index (χ1n) is 3.34. The molecule has 0 saturated heterocycles. The number of hydrogen-bond acceptors (Lipinski definition) is 2. The van der Waals surface area contributed by atoms with Crippen molar-refractivity contribution < 1.29 is 5.11 Å². The highest BCUT2D eigenvalue weighted by Crippen LogP contribution is 2.04. The van der Waals surface area contributed by atoms with Crippen molar-refractivity contribution in [3.05, 3.63) is 6.61 Å². The summed E-state index contributed by atoms with van der Waals surface area (Å²) in [7, 11) is 4.05. The maximum Gasteiger partial charge on any atom is 0.0814 e. The van der Waals surface area contributed by atoms with Gasteiger partial charge in [-0.05, 0) is 26.9 Å². The minimum absolute atomic E-state index is 0.495. The fraction of sp³-hybridized carbons (Fsp3) is 0.857. The molecule has 55 valence electrons. The van der Waals surface area contributed by atoms with E-state index in [1.165, 1.54) is 6.61 Å². The number of hydrogen-bond donors (Lipinski definition) is 1. The SMILES string of the molecule is CCC(C[CH]O)N(C)C. The van der Waals surface area contributed by atoms with Crippen LogP contribution < -0.4 is 0 Å². The summed E-state index contributed by atoms with van der Waals surface area (Å²) in [5.74, 6) is 0. The van der Waals surface area contributed by atoms with E-state index in [9.17, 15) is 0 Å². The lowest BCUT2D eigenvalue weighted by Gasteiger charge is -2.21. The Kier molecular flexibility index (Phi) is 4.72. The van der Waals surface area contributed by atoms with Crippen molar-refractivity contribution in [2.24, 2.45) is 0 Å². The van der Waals surface area contributed by atoms with Gasteiger partial charge in [-0.25, -0.2) is 0 Å². The normalized spacial score (nSPS) is 14.3. The van der Waals surface area contributed by atoms with Gasteiger partial charge in [-0.15, -0.1) is 0 Å². The van der Waals surface area contributed by atoms with E-state index in [1.54, 1.807) is 0 Å². The fourth-order valence-corrected chi connectivity index (χ4v) is 0.864. The molecule has 0 aliphatic rings.